The predicted octanol–water partition coefficient (Wildman–Crippen LogP) is 7.63. The van der Waals surface area contributed by atoms with Gasteiger partial charge in [-0.3, -0.25) is 0 Å². The van der Waals surface area contributed by atoms with Crippen molar-refractivity contribution in [3.63, 3.8) is 0 Å². The van der Waals surface area contributed by atoms with E-state index in [4.69, 9.17) is 0 Å². The molecule has 2 aromatic heterocycles. The minimum Gasteiger partial charge on any atom is -0.341 e. The number of imidazole rings is 2. The van der Waals surface area contributed by atoms with Crippen molar-refractivity contribution in [2.24, 2.45) is 11.8 Å². The van der Waals surface area contributed by atoms with Gasteiger partial charge in [0.25, 0.3) is 0 Å². The maximum Gasteiger partial charge on any atom is 0.124 e. The van der Waals surface area contributed by atoms with Crippen LogP contribution in [0.4, 0.5) is 0 Å². The number of hydrogen-bond donors (Lipinski definition) is 4. The Balaban J connectivity index is 1.47. The molecule has 0 saturated carbocycles. The van der Waals surface area contributed by atoms with Crippen molar-refractivity contribution in [3.8, 4) is 33.6 Å². The first-order valence-corrected chi connectivity index (χ1v) is 17.5. The van der Waals surface area contributed by atoms with Crippen LogP contribution >= 0.6 is 0 Å². The van der Waals surface area contributed by atoms with Gasteiger partial charge in [-0.1, -0.05) is 76.2 Å². The lowest BCUT2D eigenvalue weighted by Crippen LogP contribution is -2.38. The third kappa shape index (κ3) is 8.21. The molecule has 4 atom stereocenters. The number of aromatic nitrogens is 4. The average molecular weight is 637 g/mol. The Hall–Kier alpha value is -2.92. The Bertz CT molecular complexity index is 1460. The molecule has 0 aliphatic carbocycles. The van der Waals surface area contributed by atoms with Gasteiger partial charge in [0.05, 0.1) is 67.3 Å². The van der Waals surface area contributed by atoms with Crippen LogP contribution in [0.5, 0.6) is 0 Å². The molecule has 4 aromatic rings. The monoisotopic (exact) mass is 636 g/mol. The highest BCUT2D eigenvalue weighted by atomic mass is 32.2. The summed E-state index contributed by atoms with van der Waals surface area (Å²) in [6.07, 6.45) is 3.68. The van der Waals surface area contributed by atoms with E-state index in [1.807, 2.05) is 53.9 Å². The van der Waals surface area contributed by atoms with Crippen molar-refractivity contribution < 1.29 is 8.42 Å². The first-order chi connectivity index (χ1) is 20.5. The van der Waals surface area contributed by atoms with Crippen LogP contribution in [-0.2, 0) is 22.0 Å². The van der Waals surface area contributed by atoms with Crippen molar-refractivity contribution in [2.75, 3.05) is 0 Å². The summed E-state index contributed by atoms with van der Waals surface area (Å²) in [7, 11) is -2.40. The zero-order chi connectivity index (χ0) is 32.4. The minimum atomic E-state index is -1.20. The molecule has 0 spiro atoms. The minimum absolute atomic E-state index is 0.146. The van der Waals surface area contributed by atoms with Crippen LogP contribution in [0.2, 0.25) is 0 Å². The Morgan fingerprint density at radius 1 is 0.568 bits per heavy atom. The molecular weight excluding hydrogens is 589 g/mol. The highest BCUT2D eigenvalue weighted by molar-refractivity contribution is 7.84. The lowest BCUT2D eigenvalue weighted by Gasteiger charge is -2.25. The fraction of sp³-hybridized carbons (Fsp3) is 0.471. The molecule has 0 radical (unpaired) electrons. The van der Waals surface area contributed by atoms with Crippen LogP contribution in [-0.4, -0.2) is 37.8 Å². The topological polar surface area (TPSA) is 116 Å². The van der Waals surface area contributed by atoms with Crippen molar-refractivity contribution >= 4 is 22.0 Å². The van der Waals surface area contributed by atoms with Gasteiger partial charge in [-0.05, 0) is 75.6 Å². The van der Waals surface area contributed by atoms with E-state index in [-0.39, 0.29) is 33.4 Å². The summed E-state index contributed by atoms with van der Waals surface area (Å²) in [5, 5.41) is 0. The molecule has 0 aliphatic heterocycles. The number of hydrogen-bond acceptors (Lipinski definition) is 4. The highest BCUT2D eigenvalue weighted by Crippen LogP contribution is 2.30. The summed E-state index contributed by atoms with van der Waals surface area (Å²) in [6, 6.07) is 16.5. The van der Waals surface area contributed by atoms with Crippen LogP contribution in [0.15, 0.2) is 60.9 Å². The summed E-state index contributed by atoms with van der Waals surface area (Å²) in [6.45, 7) is 20.2. The van der Waals surface area contributed by atoms with Crippen LogP contribution in [0.25, 0.3) is 33.6 Å². The molecule has 0 aliphatic rings. The third-order valence-corrected chi connectivity index (χ3v) is 10.6. The molecule has 4 N–H and O–H groups in total. The summed E-state index contributed by atoms with van der Waals surface area (Å²) in [4.78, 5) is 16.2. The second-order valence-electron chi connectivity index (χ2n) is 14.0. The summed E-state index contributed by atoms with van der Waals surface area (Å²) >= 11 is 0. The van der Waals surface area contributed by atoms with Crippen molar-refractivity contribution in [1.82, 2.24) is 29.4 Å². The molecule has 8 nitrogen and oxygen atoms in total. The van der Waals surface area contributed by atoms with E-state index in [2.05, 4.69) is 106 Å². The number of aromatic amines is 2. The lowest BCUT2D eigenvalue weighted by atomic mass is 10.0. The average Bonchev–Trinajstić information content (AvgIpc) is 3.64. The molecule has 3 unspecified atom stereocenters. The molecule has 10 heteroatoms. The fourth-order valence-electron chi connectivity index (χ4n) is 4.57. The van der Waals surface area contributed by atoms with E-state index < -0.39 is 22.0 Å². The van der Waals surface area contributed by atoms with Gasteiger partial charge in [-0.25, -0.2) is 27.8 Å². The zero-order valence-electron chi connectivity index (χ0n) is 27.6. The van der Waals surface area contributed by atoms with E-state index in [1.54, 1.807) is 0 Å². The standard InChI is InChI=1S/C34H48N6O2S2/c1-21(2)29(39-43(41)33(5,6)7)31-35-19-27(37-31)25-15-11-23(12-16-25)24-13-17-26(18-14-24)28-20-36-32(38-28)30(22(3)4)40-44(42)34(8,9)10/h11-22,29-30,39-40H,1-10H3,(H,35,37)(H,36,38)/t29-,30?,43?,44?/m0/s1. The molecule has 4 rings (SSSR count). The number of rotatable bonds is 11. The largest absolute Gasteiger partial charge is 0.341 e. The molecule has 0 saturated heterocycles. The van der Waals surface area contributed by atoms with Crippen LogP contribution in [0.1, 0.15) is 93.0 Å². The molecular formula is C34H48N6O2S2. The maximum atomic E-state index is 12.8. The predicted molar refractivity (Wildman–Crippen MR) is 184 cm³/mol. The molecule has 44 heavy (non-hydrogen) atoms. The third-order valence-electron chi connectivity index (χ3n) is 7.42. The van der Waals surface area contributed by atoms with Gasteiger partial charge in [0, 0.05) is 0 Å². The van der Waals surface area contributed by atoms with Crippen molar-refractivity contribution in [3.05, 3.63) is 72.6 Å². The quantitative estimate of drug-likeness (QED) is 0.135. The second kappa shape index (κ2) is 13.6. The van der Waals surface area contributed by atoms with Crippen LogP contribution in [0, 0.1) is 11.8 Å². The number of nitrogens with one attached hydrogen (secondary N) is 4. The normalized spacial score (nSPS) is 15.5. The smallest absolute Gasteiger partial charge is 0.124 e. The molecule has 2 aromatic carbocycles. The van der Waals surface area contributed by atoms with Crippen LogP contribution in [0.3, 0.4) is 0 Å². The van der Waals surface area contributed by atoms with E-state index in [0.29, 0.717) is 0 Å². The van der Waals surface area contributed by atoms with Crippen molar-refractivity contribution in [1.29, 1.82) is 0 Å². The van der Waals surface area contributed by atoms with Crippen LogP contribution < -0.4 is 9.44 Å². The Morgan fingerprint density at radius 2 is 0.864 bits per heavy atom. The molecule has 0 fully saturated rings. The molecule has 0 bridgehead atoms. The molecule has 0 amide bonds. The van der Waals surface area contributed by atoms with Gasteiger partial charge in [0.15, 0.2) is 0 Å². The number of nitrogens with zero attached hydrogens (tertiary/aromatic N) is 2. The first kappa shape index (κ1) is 34.0. The van der Waals surface area contributed by atoms with E-state index in [0.717, 1.165) is 45.3 Å². The van der Waals surface area contributed by atoms with Gasteiger partial charge in [0.1, 0.15) is 11.6 Å². The zero-order valence-corrected chi connectivity index (χ0v) is 29.2. The second-order valence-corrected chi connectivity index (χ2v) is 18.0. The Morgan fingerprint density at radius 3 is 1.14 bits per heavy atom. The molecule has 238 valence electrons. The summed E-state index contributed by atoms with van der Waals surface area (Å²) in [5.74, 6) is 2.00. The van der Waals surface area contributed by atoms with E-state index >= 15 is 0 Å². The van der Waals surface area contributed by atoms with E-state index in [9.17, 15) is 8.42 Å². The number of benzene rings is 2. The van der Waals surface area contributed by atoms with Gasteiger partial charge < -0.3 is 9.97 Å². The summed E-state index contributed by atoms with van der Waals surface area (Å²) < 4.78 is 31.3. The van der Waals surface area contributed by atoms with E-state index in [1.165, 1.54) is 0 Å². The number of H-pyrrole nitrogens is 2. The van der Waals surface area contributed by atoms with Gasteiger partial charge >= 0.3 is 0 Å². The lowest BCUT2D eigenvalue weighted by molar-refractivity contribution is 0.455. The van der Waals surface area contributed by atoms with Crippen molar-refractivity contribution in [2.45, 2.75) is 90.8 Å². The fourth-order valence-corrected chi connectivity index (χ4v) is 6.50. The maximum absolute atomic E-state index is 12.8. The SMILES string of the molecule is CC(C)C(NS(=O)C(C)(C)C)c1ncc(-c2ccc(-c3ccc(-c4cnc([C@@H](NS(=O)C(C)(C)C)C(C)C)[nH]4)cc3)cc2)[nH]1. The molecule has 2 heterocycles. The van der Waals surface area contributed by atoms with Gasteiger partial charge in [-0.2, -0.15) is 0 Å². The first-order valence-electron chi connectivity index (χ1n) is 15.2. The Labute approximate surface area is 267 Å². The highest BCUT2D eigenvalue weighted by Gasteiger charge is 2.28. The van der Waals surface area contributed by atoms with Gasteiger partial charge in [-0.15, -0.1) is 0 Å². The van der Waals surface area contributed by atoms with Gasteiger partial charge in [0.2, 0.25) is 0 Å². The summed E-state index contributed by atoms with van der Waals surface area (Å²) in [5.41, 5.74) is 6.14. The Kier molecular flexibility index (Phi) is 10.5.